The molecule has 0 saturated heterocycles. The highest BCUT2D eigenvalue weighted by Crippen LogP contribution is 2.38. The third kappa shape index (κ3) is 4.60. The Hall–Kier alpha value is -2.93. The Kier molecular flexibility index (Phi) is 6.98. The van der Waals surface area contributed by atoms with E-state index in [2.05, 4.69) is 31.3 Å². The number of nitrogens with one attached hydrogen (secondary N) is 1. The maximum atomic E-state index is 6.05. The van der Waals surface area contributed by atoms with Gasteiger partial charge in [-0.2, -0.15) is 0 Å². The van der Waals surface area contributed by atoms with Gasteiger partial charge in [0.15, 0.2) is 23.0 Å². The van der Waals surface area contributed by atoms with Crippen LogP contribution in [0.2, 0.25) is 0 Å². The van der Waals surface area contributed by atoms with E-state index in [4.69, 9.17) is 28.7 Å². The minimum absolute atomic E-state index is 0.105. The predicted octanol–water partition coefficient (Wildman–Crippen LogP) is 3.95. The molecule has 0 amide bonds. The average molecular weight is 455 g/mol. The summed E-state index contributed by atoms with van der Waals surface area (Å²) in [7, 11) is 6.65. The van der Waals surface area contributed by atoms with Crippen LogP contribution in [0.1, 0.15) is 42.1 Å². The van der Waals surface area contributed by atoms with Crippen molar-refractivity contribution in [1.82, 2.24) is 5.32 Å². The minimum atomic E-state index is 0.105. The fourth-order valence-corrected chi connectivity index (χ4v) is 4.54. The van der Waals surface area contributed by atoms with Crippen LogP contribution in [-0.2, 0) is 17.6 Å². The summed E-state index contributed by atoms with van der Waals surface area (Å²) < 4.78 is 28.3. The molecule has 1 N–H and O–H groups in total. The number of fused-ring (bicyclic) bond motifs is 1. The molecule has 2 aliphatic heterocycles. The maximum absolute atomic E-state index is 6.05. The van der Waals surface area contributed by atoms with Gasteiger partial charge < -0.3 is 29.0 Å². The van der Waals surface area contributed by atoms with E-state index in [0.717, 1.165) is 42.0 Å². The molecule has 0 radical (unpaired) electrons. The highest BCUT2D eigenvalue weighted by Gasteiger charge is 2.29. The second-order valence-electron chi connectivity index (χ2n) is 8.79. The van der Waals surface area contributed by atoms with Crippen LogP contribution in [-0.4, -0.2) is 53.5 Å². The van der Waals surface area contributed by atoms with Gasteiger partial charge >= 0.3 is 0 Å². The normalized spacial score (nSPS) is 19.5. The smallest absolute Gasteiger partial charge is 0.216 e. The summed E-state index contributed by atoms with van der Waals surface area (Å²) in [6, 6.07) is 8.46. The Morgan fingerprint density at radius 1 is 0.939 bits per heavy atom. The van der Waals surface area contributed by atoms with Crippen molar-refractivity contribution in [1.29, 1.82) is 0 Å². The molecular weight excluding hydrogens is 420 g/mol. The molecule has 4 rings (SSSR count). The fraction of sp³-hybridized carbons (Fsp3) is 0.500. The molecule has 33 heavy (non-hydrogen) atoms. The van der Waals surface area contributed by atoms with E-state index in [0.29, 0.717) is 29.9 Å². The van der Waals surface area contributed by atoms with Crippen LogP contribution >= 0.6 is 0 Å². The number of methoxy groups -OCH3 is 4. The molecular formula is C26H34N2O5. The second kappa shape index (κ2) is 9.91. The van der Waals surface area contributed by atoms with Crippen molar-refractivity contribution < 1.29 is 23.7 Å². The maximum Gasteiger partial charge on any atom is 0.216 e. The molecule has 2 aromatic carbocycles. The molecule has 178 valence electrons. The SMILES string of the molecule is COc1cc(C[C@H]2NCCc3cc(OC)c(OC)cc32)c(C2=N[C@@H](C(C)C)CO2)cc1OC. The summed E-state index contributed by atoms with van der Waals surface area (Å²) in [6.07, 6.45) is 1.68. The van der Waals surface area contributed by atoms with Crippen LogP contribution in [0.15, 0.2) is 29.3 Å². The lowest BCUT2D eigenvalue weighted by Gasteiger charge is -2.29. The lowest BCUT2D eigenvalue weighted by atomic mass is 9.88. The van der Waals surface area contributed by atoms with Gasteiger partial charge in [0.05, 0.1) is 34.5 Å². The van der Waals surface area contributed by atoms with Gasteiger partial charge in [0.2, 0.25) is 5.90 Å². The zero-order valence-electron chi connectivity index (χ0n) is 20.4. The van der Waals surface area contributed by atoms with Gasteiger partial charge in [-0.15, -0.1) is 0 Å². The third-order valence-electron chi connectivity index (χ3n) is 6.51. The Balaban J connectivity index is 1.75. The summed E-state index contributed by atoms with van der Waals surface area (Å²) in [5, 5.41) is 3.67. The lowest BCUT2D eigenvalue weighted by molar-refractivity contribution is 0.291. The molecule has 2 heterocycles. The van der Waals surface area contributed by atoms with E-state index >= 15 is 0 Å². The Morgan fingerprint density at radius 3 is 2.21 bits per heavy atom. The average Bonchev–Trinajstić information content (AvgIpc) is 3.33. The van der Waals surface area contributed by atoms with E-state index in [1.165, 1.54) is 11.1 Å². The number of hydrogen-bond acceptors (Lipinski definition) is 7. The van der Waals surface area contributed by atoms with Gasteiger partial charge in [0.25, 0.3) is 0 Å². The zero-order chi connectivity index (χ0) is 23.5. The Bertz CT molecular complexity index is 1030. The van der Waals surface area contributed by atoms with Crippen LogP contribution in [0.4, 0.5) is 0 Å². The van der Waals surface area contributed by atoms with Gasteiger partial charge in [0, 0.05) is 11.6 Å². The highest BCUT2D eigenvalue weighted by molar-refractivity contribution is 5.97. The molecule has 2 atom stereocenters. The summed E-state index contributed by atoms with van der Waals surface area (Å²) in [6.45, 7) is 5.83. The standard InChI is InChI=1S/C26H34N2O5/c1-15(2)21-14-33-26(28-21)19-13-25(32-6)23(30-4)11-17(19)9-20-18-12-24(31-5)22(29-3)10-16(18)7-8-27-20/h10-13,15,20-21,27H,7-9,14H2,1-6H3/t20-,21-/m1/s1. The number of hydrogen-bond donors (Lipinski definition) is 1. The van der Waals surface area contributed by atoms with Crippen molar-refractivity contribution in [2.45, 2.75) is 38.8 Å². The first-order valence-electron chi connectivity index (χ1n) is 11.4. The second-order valence-corrected chi connectivity index (χ2v) is 8.79. The van der Waals surface area contributed by atoms with Crippen LogP contribution in [0.5, 0.6) is 23.0 Å². The van der Waals surface area contributed by atoms with Crippen molar-refractivity contribution in [3.8, 4) is 23.0 Å². The molecule has 7 heteroatoms. The molecule has 0 unspecified atom stereocenters. The Labute approximate surface area is 196 Å². The number of aliphatic imine (C=N–C) groups is 1. The summed E-state index contributed by atoms with van der Waals surface area (Å²) >= 11 is 0. The van der Waals surface area contributed by atoms with Gasteiger partial charge in [-0.1, -0.05) is 13.8 Å². The number of nitrogens with zero attached hydrogens (tertiary/aromatic N) is 1. The van der Waals surface area contributed by atoms with E-state index in [-0.39, 0.29) is 12.1 Å². The Morgan fingerprint density at radius 2 is 1.58 bits per heavy atom. The lowest BCUT2D eigenvalue weighted by Crippen LogP contribution is -2.31. The van der Waals surface area contributed by atoms with Crippen LogP contribution < -0.4 is 24.3 Å². The molecule has 0 aromatic heterocycles. The van der Waals surface area contributed by atoms with Gasteiger partial charge in [-0.25, -0.2) is 4.99 Å². The van der Waals surface area contributed by atoms with Gasteiger partial charge in [0.1, 0.15) is 6.61 Å². The highest BCUT2D eigenvalue weighted by atomic mass is 16.5. The molecule has 0 aliphatic carbocycles. The van der Waals surface area contributed by atoms with Gasteiger partial charge in [-0.05, 0) is 66.3 Å². The van der Waals surface area contributed by atoms with Crippen molar-refractivity contribution in [3.05, 3.63) is 46.5 Å². The van der Waals surface area contributed by atoms with Crippen molar-refractivity contribution in [2.24, 2.45) is 10.9 Å². The van der Waals surface area contributed by atoms with E-state index in [9.17, 15) is 0 Å². The molecule has 0 fully saturated rings. The molecule has 0 spiro atoms. The van der Waals surface area contributed by atoms with E-state index in [1.54, 1.807) is 28.4 Å². The number of benzene rings is 2. The fourth-order valence-electron chi connectivity index (χ4n) is 4.54. The molecule has 2 aromatic rings. The first-order valence-corrected chi connectivity index (χ1v) is 11.4. The predicted molar refractivity (Wildman–Crippen MR) is 128 cm³/mol. The molecule has 0 saturated carbocycles. The topological polar surface area (TPSA) is 70.5 Å². The molecule has 0 bridgehead atoms. The van der Waals surface area contributed by atoms with Crippen molar-refractivity contribution in [3.63, 3.8) is 0 Å². The molecule has 7 nitrogen and oxygen atoms in total. The zero-order valence-corrected chi connectivity index (χ0v) is 20.4. The largest absolute Gasteiger partial charge is 0.493 e. The van der Waals surface area contributed by atoms with Crippen LogP contribution in [0.25, 0.3) is 0 Å². The van der Waals surface area contributed by atoms with Crippen molar-refractivity contribution >= 4 is 5.90 Å². The number of rotatable bonds is 8. The third-order valence-corrected chi connectivity index (χ3v) is 6.51. The summed E-state index contributed by atoms with van der Waals surface area (Å²) in [5.41, 5.74) is 4.53. The van der Waals surface area contributed by atoms with Gasteiger partial charge in [-0.3, -0.25) is 0 Å². The van der Waals surface area contributed by atoms with Crippen LogP contribution in [0, 0.1) is 5.92 Å². The van der Waals surface area contributed by atoms with Crippen molar-refractivity contribution in [2.75, 3.05) is 41.6 Å². The molecule has 2 aliphatic rings. The number of ether oxygens (including phenoxy) is 5. The minimum Gasteiger partial charge on any atom is -0.493 e. The van der Waals surface area contributed by atoms with E-state index in [1.807, 2.05) is 12.1 Å². The van der Waals surface area contributed by atoms with Crippen LogP contribution in [0.3, 0.4) is 0 Å². The summed E-state index contributed by atoms with van der Waals surface area (Å²) in [5.74, 6) is 3.95. The quantitative estimate of drug-likeness (QED) is 0.651. The first kappa shape index (κ1) is 23.2. The summed E-state index contributed by atoms with van der Waals surface area (Å²) in [4.78, 5) is 4.88. The monoisotopic (exact) mass is 454 g/mol. The van der Waals surface area contributed by atoms with E-state index < -0.39 is 0 Å². The first-order chi connectivity index (χ1) is 16.0.